The van der Waals surface area contributed by atoms with E-state index in [1.165, 1.54) is 31.8 Å². The zero-order chi connectivity index (χ0) is 11.2. The zero-order valence-corrected chi connectivity index (χ0v) is 9.23. The summed E-state index contributed by atoms with van der Waals surface area (Å²) in [5.74, 6) is 0.931. The monoisotopic (exact) mass is 213 g/mol. The van der Waals surface area contributed by atoms with E-state index in [-0.39, 0.29) is 0 Å². The normalized spacial score (nSPS) is 16.4. The molecule has 0 N–H and O–H groups in total. The van der Waals surface area contributed by atoms with Gasteiger partial charge in [-0.3, -0.25) is 0 Å². The van der Waals surface area contributed by atoms with E-state index in [0.717, 1.165) is 11.3 Å². The Labute approximate surface area is 96.2 Å². The lowest BCUT2D eigenvalue weighted by atomic mass is 10.2. The lowest BCUT2D eigenvalue weighted by molar-refractivity contribution is 0.210. The van der Waals surface area contributed by atoms with E-state index in [9.17, 15) is 0 Å². The third-order valence-electron chi connectivity index (χ3n) is 2.84. The average molecular weight is 213 g/mol. The van der Waals surface area contributed by atoms with E-state index in [2.05, 4.69) is 0 Å². The molecular weight excluding hydrogens is 198 g/mol. The molecule has 1 aromatic carbocycles. The summed E-state index contributed by atoms with van der Waals surface area (Å²) in [6.07, 6.45) is 8.60. The molecule has 1 aliphatic rings. The highest BCUT2D eigenvalue weighted by atomic mass is 16.5. The molecule has 0 amide bonds. The van der Waals surface area contributed by atoms with Crippen LogP contribution in [0.25, 0.3) is 6.08 Å². The van der Waals surface area contributed by atoms with Gasteiger partial charge >= 0.3 is 0 Å². The molecule has 1 fully saturated rings. The molecule has 2 heteroatoms. The van der Waals surface area contributed by atoms with E-state index in [0.29, 0.717) is 6.10 Å². The van der Waals surface area contributed by atoms with Gasteiger partial charge in [0.2, 0.25) is 0 Å². The number of ether oxygens (including phenoxy) is 1. The Morgan fingerprint density at radius 1 is 1.19 bits per heavy atom. The first-order chi connectivity index (χ1) is 7.88. The average Bonchev–Trinajstić information content (AvgIpc) is 2.81. The van der Waals surface area contributed by atoms with E-state index >= 15 is 0 Å². The molecule has 0 atom stereocenters. The van der Waals surface area contributed by atoms with Gasteiger partial charge in [-0.15, -0.1) is 0 Å². The number of hydrogen-bond acceptors (Lipinski definition) is 2. The van der Waals surface area contributed by atoms with Gasteiger partial charge in [-0.05, 0) is 49.5 Å². The molecule has 2 nitrogen and oxygen atoms in total. The summed E-state index contributed by atoms with van der Waals surface area (Å²) in [5, 5.41) is 8.41. The first kappa shape index (κ1) is 10.8. The van der Waals surface area contributed by atoms with Gasteiger partial charge in [-0.2, -0.15) is 5.26 Å². The van der Waals surface area contributed by atoms with Crippen molar-refractivity contribution >= 4 is 6.08 Å². The van der Waals surface area contributed by atoms with Crippen molar-refractivity contribution in [3.8, 4) is 11.8 Å². The highest BCUT2D eigenvalue weighted by Gasteiger charge is 2.15. The van der Waals surface area contributed by atoms with Gasteiger partial charge < -0.3 is 4.74 Å². The van der Waals surface area contributed by atoms with Gasteiger partial charge in [0.15, 0.2) is 0 Å². The number of hydrogen-bond donors (Lipinski definition) is 0. The van der Waals surface area contributed by atoms with Crippen molar-refractivity contribution in [2.24, 2.45) is 0 Å². The number of benzene rings is 1. The zero-order valence-electron chi connectivity index (χ0n) is 9.23. The number of allylic oxidation sites excluding steroid dienone is 1. The summed E-state index contributed by atoms with van der Waals surface area (Å²) in [4.78, 5) is 0. The Balaban J connectivity index is 1.96. The molecule has 0 aromatic heterocycles. The standard InChI is InChI=1S/C14H15NO/c15-11-3-4-12-7-9-14(10-8-12)16-13-5-1-2-6-13/h3-4,7-10,13H,1-2,5-6H2/b4-3+. The number of nitrogens with zero attached hydrogens (tertiary/aromatic N) is 1. The summed E-state index contributed by atoms with van der Waals surface area (Å²) < 4.78 is 5.85. The maximum atomic E-state index is 8.41. The molecule has 16 heavy (non-hydrogen) atoms. The van der Waals surface area contributed by atoms with Gasteiger partial charge in [-0.25, -0.2) is 0 Å². The van der Waals surface area contributed by atoms with Crippen LogP contribution in [0, 0.1) is 11.3 Å². The molecule has 0 heterocycles. The van der Waals surface area contributed by atoms with Gasteiger partial charge in [0, 0.05) is 6.08 Å². The molecule has 0 spiro atoms. The second kappa shape index (κ2) is 5.37. The second-order valence-corrected chi connectivity index (χ2v) is 4.06. The molecule has 0 bridgehead atoms. The van der Waals surface area contributed by atoms with Crippen LogP contribution in [0.4, 0.5) is 0 Å². The summed E-state index contributed by atoms with van der Waals surface area (Å²) in [5.41, 5.74) is 1.03. The Kier molecular flexibility index (Phi) is 3.61. The van der Waals surface area contributed by atoms with Crippen molar-refractivity contribution in [2.45, 2.75) is 31.8 Å². The van der Waals surface area contributed by atoms with E-state index in [1.807, 2.05) is 30.3 Å². The van der Waals surface area contributed by atoms with Crippen LogP contribution in [0.5, 0.6) is 5.75 Å². The lowest BCUT2D eigenvalue weighted by Gasteiger charge is -2.12. The van der Waals surface area contributed by atoms with Gasteiger partial charge in [0.1, 0.15) is 5.75 Å². The Bertz CT molecular complexity index is 394. The lowest BCUT2D eigenvalue weighted by Crippen LogP contribution is -2.10. The smallest absolute Gasteiger partial charge is 0.119 e. The quantitative estimate of drug-likeness (QED) is 0.719. The molecule has 0 saturated heterocycles. The maximum Gasteiger partial charge on any atom is 0.119 e. The number of nitriles is 1. The maximum absolute atomic E-state index is 8.41. The molecule has 82 valence electrons. The molecule has 0 unspecified atom stereocenters. The van der Waals surface area contributed by atoms with Crippen molar-refractivity contribution in [1.82, 2.24) is 0 Å². The van der Waals surface area contributed by atoms with Crippen molar-refractivity contribution < 1.29 is 4.74 Å². The third-order valence-corrected chi connectivity index (χ3v) is 2.84. The van der Waals surface area contributed by atoms with Crippen molar-refractivity contribution in [1.29, 1.82) is 5.26 Å². The highest BCUT2D eigenvalue weighted by molar-refractivity contribution is 5.52. The summed E-state index contributed by atoms with van der Waals surface area (Å²) in [6.45, 7) is 0. The minimum absolute atomic E-state index is 0.403. The third kappa shape index (κ3) is 2.87. The molecule has 0 radical (unpaired) electrons. The summed E-state index contributed by atoms with van der Waals surface area (Å²) in [6, 6.07) is 9.85. The van der Waals surface area contributed by atoms with Crippen LogP contribution in [0.3, 0.4) is 0 Å². The number of rotatable bonds is 3. The van der Waals surface area contributed by atoms with Crippen LogP contribution in [0.15, 0.2) is 30.3 Å². The van der Waals surface area contributed by atoms with Crippen LogP contribution in [-0.2, 0) is 0 Å². The summed E-state index contributed by atoms with van der Waals surface area (Å²) in [7, 11) is 0. The largest absolute Gasteiger partial charge is 0.490 e. The van der Waals surface area contributed by atoms with E-state index in [4.69, 9.17) is 10.00 Å². The predicted molar refractivity (Wildman–Crippen MR) is 64.0 cm³/mol. The van der Waals surface area contributed by atoms with Crippen LogP contribution in [0.2, 0.25) is 0 Å². The summed E-state index contributed by atoms with van der Waals surface area (Å²) >= 11 is 0. The van der Waals surface area contributed by atoms with Crippen LogP contribution >= 0.6 is 0 Å². The van der Waals surface area contributed by atoms with Crippen LogP contribution < -0.4 is 4.74 Å². The minimum Gasteiger partial charge on any atom is -0.490 e. The fourth-order valence-electron chi connectivity index (χ4n) is 1.99. The SMILES string of the molecule is N#C/C=C/c1ccc(OC2CCCC2)cc1. The van der Waals surface area contributed by atoms with Crippen LogP contribution in [-0.4, -0.2) is 6.10 Å². The van der Waals surface area contributed by atoms with Gasteiger partial charge in [0.05, 0.1) is 12.2 Å². The van der Waals surface area contributed by atoms with Gasteiger partial charge in [-0.1, -0.05) is 12.1 Å². The first-order valence-corrected chi connectivity index (χ1v) is 5.71. The molecule has 2 rings (SSSR count). The topological polar surface area (TPSA) is 33.0 Å². The van der Waals surface area contributed by atoms with Crippen molar-refractivity contribution in [2.75, 3.05) is 0 Å². The molecule has 0 aliphatic heterocycles. The first-order valence-electron chi connectivity index (χ1n) is 5.71. The van der Waals surface area contributed by atoms with E-state index in [1.54, 1.807) is 6.08 Å². The van der Waals surface area contributed by atoms with Crippen molar-refractivity contribution in [3.63, 3.8) is 0 Å². The molecular formula is C14H15NO. The fraction of sp³-hybridized carbons (Fsp3) is 0.357. The molecule has 1 aromatic rings. The predicted octanol–water partition coefficient (Wildman–Crippen LogP) is 3.54. The Morgan fingerprint density at radius 3 is 2.50 bits per heavy atom. The van der Waals surface area contributed by atoms with Gasteiger partial charge in [0.25, 0.3) is 0 Å². The fourth-order valence-corrected chi connectivity index (χ4v) is 1.99. The molecule has 1 saturated carbocycles. The van der Waals surface area contributed by atoms with Crippen LogP contribution in [0.1, 0.15) is 31.2 Å². The highest BCUT2D eigenvalue weighted by Crippen LogP contribution is 2.24. The minimum atomic E-state index is 0.403. The Morgan fingerprint density at radius 2 is 1.88 bits per heavy atom. The molecule has 1 aliphatic carbocycles. The van der Waals surface area contributed by atoms with E-state index < -0.39 is 0 Å². The second-order valence-electron chi connectivity index (χ2n) is 4.06. The Hall–Kier alpha value is -1.75. The van der Waals surface area contributed by atoms with Crippen molar-refractivity contribution in [3.05, 3.63) is 35.9 Å².